The van der Waals surface area contributed by atoms with E-state index in [9.17, 15) is 14.0 Å². The second kappa shape index (κ2) is 7.52. The number of hydrogen-bond donors (Lipinski definition) is 0. The molecule has 0 unspecified atom stereocenters. The molecule has 0 heterocycles. The first-order chi connectivity index (χ1) is 12.1. The Hall–Kier alpha value is -2.95. The number of benzene rings is 2. The van der Waals surface area contributed by atoms with Gasteiger partial charge < -0.3 is 9.47 Å². The van der Waals surface area contributed by atoms with Crippen LogP contribution in [0.5, 0.6) is 11.5 Å². The monoisotopic (exact) mass is 356 g/mol. The van der Waals surface area contributed by atoms with Crippen LogP contribution in [0.25, 0.3) is 11.1 Å². The van der Waals surface area contributed by atoms with Crippen molar-refractivity contribution in [2.45, 2.75) is 27.7 Å². The number of hydrogen-bond acceptors (Lipinski definition) is 4. The molecule has 0 radical (unpaired) electrons. The number of ether oxygens (including phenoxy) is 2. The Kier molecular flexibility index (Phi) is 5.60. The third kappa shape index (κ3) is 4.79. The summed E-state index contributed by atoms with van der Waals surface area (Å²) >= 11 is 0. The highest BCUT2D eigenvalue weighted by Crippen LogP contribution is 2.28. The first-order valence-electron chi connectivity index (χ1n) is 8.08. The topological polar surface area (TPSA) is 52.6 Å². The second-order valence-electron chi connectivity index (χ2n) is 6.98. The van der Waals surface area contributed by atoms with Crippen LogP contribution in [0.15, 0.2) is 54.6 Å². The molecular weight excluding hydrogens is 335 g/mol. The normalized spacial score (nSPS) is 11.0. The zero-order valence-electron chi connectivity index (χ0n) is 15.3. The van der Waals surface area contributed by atoms with Gasteiger partial charge in [0, 0.05) is 17.2 Å². The Balaban J connectivity index is 2.17. The summed E-state index contributed by atoms with van der Waals surface area (Å²) in [5, 5.41) is 0. The fourth-order valence-corrected chi connectivity index (χ4v) is 1.95. The van der Waals surface area contributed by atoms with E-state index in [-0.39, 0.29) is 17.3 Å². The maximum atomic E-state index is 14.4. The lowest BCUT2D eigenvalue weighted by Crippen LogP contribution is -2.25. The van der Waals surface area contributed by atoms with Crippen LogP contribution in [0.3, 0.4) is 0 Å². The maximum absolute atomic E-state index is 14.4. The first-order valence-corrected chi connectivity index (χ1v) is 8.08. The van der Waals surface area contributed by atoms with Crippen molar-refractivity contribution in [2.75, 3.05) is 0 Å². The Labute approximate surface area is 152 Å². The molecule has 2 aromatic rings. The molecule has 0 bridgehead atoms. The van der Waals surface area contributed by atoms with Crippen molar-refractivity contribution in [1.29, 1.82) is 0 Å². The van der Waals surface area contributed by atoms with Gasteiger partial charge in [-0.25, -0.2) is 9.18 Å². The van der Waals surface area contributed by atoms with Gasteiger partial charge in [0.2, 0.25) is 0 Å². The number of carbonyl (C=O) groups is 2. The standard InChI is InChI=1S/C21H21FO4/c1-13(2)19(23)25-16-10-11-17(18(22)12-16)14-6-8-15(9-7-14)26-20(24)21(3,4)5/h6-12H,1H2,2-5H3. The third-order valence-corrected chi connectivity index (χ3v) is 3.49. The largest absolute Gasteiger partial charge is 0.426 e. The number of esters is 2. The SMILES string of the molecule is C=C(C)C(=O)Oc1ccc(-c2ccc(OC(=O)C(C)(C)C)cc2)c(F)c1. The highest BCUT2D eigenvalue weighted by molar-refractivity contribution is 5.88. The minimum Gasteiger partial charge on any atom is -0.426 e. The molecule has 0 aromatic heterocycles. The average Bonchev–Trinajstić information content (AvgIpc) is 2.55. The molecule has 2 aromatic carbocycles. The van der Waals surface area contributed by atoms with Gasteiger partial charge in [-0.2, -0.15) is 0 Å². The molecule has 2 rings (SSSR count). The molecule has 0 saturated heterocycles. The van der Waals surface area contributed by atoms with Gasteiger partial charge in [-0.05, 0) is 57.5 Å². The molecule has 0 aliphatic rings. The van der Waals surface area contributed by atoms with Gasteiger partial charge in [-0.1, -0.05) is 18.7 Å². The molecule has 5 heteroatoms. The highest BCUT2D eigenvalue weighted by Gasteiger charge is 2.23. The van der Waals surface area contributed by atoms with Crippen LogP contribution in [0.4, 0.5) is 4.39 Å². The number of halogens is 1. The number of carbonyl (C=O) groups excluding carboxylic acids is 2. The quantitative estimate of drug-likeness (QED) is 0.443. The molecule has 0 saturated carbocycles. The number of rotatable bonds is 4. The zero-order valence-corrected chi connectivity index (χ0v) is 15.3. The summed E-state index contributed by atoms with van der Waals surface area (Å²) in [4.78, 5) is 23.4. The van der Waals surface area contributed by atoms with E-state index in [4.69, 9.17) is 9.47 Å². The summed E-state index contributed by atoms with van der Waals surface area (Å²) in [7, 11) is 0. The molecule has 0 spiro atoms. The second-order valence-corrected chi connectivity index (χ2v) is 6.98. The lowest BCUT2D eigenvalue weighted by atomic mass is 9.97. The van der Waals surface area contributed by atoms with Crippen molar-refractivity contribution in [3.8, 4) is 22.6 Å². The van der Waals surface area contributed by atoms with Gasteiger partial charge in [0.25, 0.3) is 0 Å². The summed E-state index contributed by atoms with van der Waals surface area (Å²) in [5.41, 5.74) is 0.571. The lowest BCUT2D eigenvalue weighted by molar-refractivity contribution is -0.143. The van der Waals surface area contributed by atoms with E-state index in [1.165, 1.54) is 19.1 Å². The predicted octanol–water partition coefficient (Wildman–Crippen LogP) is 4.93. The summed E-state index contributed by atoms with van der Waals surface area (Å²) in [5.74, 6) is -0.991. The third-order valence-electron chi connectivity index (χ3n) is 3.49. The van der Waals surface area contributed by atoms with Crippen molar-refractivity contribution < 1.29 is 23.5 Å². The van der Waals surface area contributed by atoms with Crippen LogP contribution in [-0.4, -0.2) is 11.9 Å². The van der Waals surface area contributed by atoms with E-state index in [1.807, 2.05) is 0 Å². The highest BCUT2D eigenvalue weighted by atomic mass is 19.1. The van der Waals surface area contributed by atoms with Gasteiger partial charge in [-0.3, -0.25) is 4.79 Å². The molecule has 0 fully saturated rings. The minimum absolute atomic E-state index is 0.106. The van der Waals surface area contributed by atoms with Gasteiger partial charge in [0.15, 0.2) is 0 Å². The van der Waals surface area contributed by atoms with E-state index in [0.29, 0.717) is 16.9 Å². The van der Waals surface area contributed by atoms with Crippen LogP contribution in [0.2, 0.25) is 0 Å². The smallest absolute Gasteiger partial charge is 0.338 e. The van der Waals surface area contributed by atoms with E-state index in [2.05, 4.69) is 6.58 Å². The molecule has 26 heavy (non-hydrogen) atoms. The molecular formula is C21H21FO4. The molecule has 0 atom stereocenters. The summed E-state index contributed by atoms with van der Waals surface area (Å²) in [6.07, 6.45) is 0. The molecule has 136 valence electrons. The van der Waals surface area contributed by atoms with Gasteiger partial charge >= 0.3 is 11.9 Å². The Bertz CT molecular complexity index is 845. The van der Waals surface area contributed by atoms with Crippen LogP contribution in [0, 0.1) is 11.2 Å². The fourth-order valence-electron chi connectivity index (χ4n) is 1.95. The lowest BCUT2D eigenvalue weighted by Gasteiger charge is -2.16. The Morgan fingerprint density at radius 2 is 1.54 bits per heavy atom. The Morgan fingerprint density at radius 1 is 0.962 bits per heavy atom. The van der Waals surface area contributed by atoms with Gasteiger partial charge in [0.1, 0.15) is 17.3 Å². The van der Waals surface area contributed by atoms with Crippen LogP contribution < -0.4 is 9.47 Å². The fraction of sp³-hybridized carbons (Fsp3) is 0.238. The van der Waals surface area contributed by atoms with Crippen molar-refractivity contribution in [1.82, 2.24) is 0 Å². The summed E-state index contributed by atoms with van der Waals surface area (Å²) in [6.45, 7) is 10.3. The van der Waals surface area contributed by atoms with E-state index < -0.39 is 17.2 Å². The molecule has 0 aliphatic heterocycles. The van der Waals surface area contributed by atoms with Gasteiger partial charge in [-0.15, -0.1) is 0 Å². The maximum Gasteiger partial charge on any atom is 0.338 e. The van der Waals surface area contributed by atoms with Crippen molar-refractivity contribution in [2.24, 2.45) is 5.41 Å². The van der Waals surface area contributed by atoms with E-state index >= 15 is 0 Å². The minimum atomic E-state index is -0.609. The zero-order chi connectivity index (χ0) is 19.5. The molecule has 0 aliphatic carbocycles. The van der Waals surface area contributed by atoms with Crippen molar-refractivity contribution >= 4 is 11.9 Å². The Morgan fingerprint density at radius 3 is 2.04 bits per heavy atom. The molecule has 4 nitrogen and oxygen atoms in total. The molecule has 0 N–H and O–H groups in total. The van der Waals surface area contributed by atoms with Crippen LogP contribution in [0.1, 0.15) is 27.7 Å². The first kappa shape index (κ1) is 19.4. The summed E-state index contributed by atoms with van der Waals surface area (Å²) < 4.78 is 24.6. The summed E-state index contributed by atoms with van der Waals surface area (Å²) in [6, 6.07) is 10.7. The van der Waals surface area contributed by atoms with Crippen molar-refractivity contribution in [3.63, 3.8) is 0 Å². The van der Waals surface area contributed by atoms with Crippen LogP contribution >= 0.6 is 0 Å². The van der Waals surface area contributed by atoms with Gasteiger partial charge in [0.05, 0.1) is 5.41 Å². The van der Waals surface area contributed by atoms with E-state index in [1.54, 1.807) is 45.0 Å². The average molecular weight is 356 g/mol. The molecule has 0 amide bonds. The van der Waals surface area contributed by atoms with Crippen molar-refractivity contribution in [3.05, 3.63) is 60.4 Å². The van der Waals surface area contributed by atoms with E-state index in [0.717, 1.165) is 6.07 Å². The van der Waals surface area contributed by atoms with Crippen LogP contribution in [-0.2, 0) is 9.59 Å². The predicted molar refractivity (Wildman–Crippen MR) is 97.4 cm³/mol.